The van der Waals surface area contributed by atoms with Crippen molar-refractivity contribution in [2.75, 3.05) is 0 Å². The summed E-state index contributed by atoms with van der Waals surface area (Å²) in [6.07, 6.45) is 0.956. The van der Waals surface area contributed by atoms with Crippen molar-refractivity contribution in [3.63, 3.8) is 0 Å². The van der Waals surface area contributed by atoms with Crippen LogP contribution in [0, 0.1) is 0 Å². The quantitative estimate of drug-likeness (QED) is 0.522. The highest BCUT2D eigenvalue weighted by atomic mass is 16.6. The molecule has 0 aliphatic rings. The van der Waals surface area contributed by atoms with Gasteiger partial charge in [-0.1, -0.05) is 23.3 Å². The molecule has 1 atom stereocenters. The lowest BCUT2D eigenvalue weighted by Crippen LogP contribution is -2.26. The van der Waals surface area contributed by atoms with Crippen LogP contribution in [0.25, 0.3) is 21.3 Å². The molecule has 0 radical (unpaired) electrons. The highest BCUT2D eigenvalue weighted by Gasteiger charge is 2.23. The van der Waals surface area contributed by atoms with E-state index in [0.29, 0.717) is 16.5 Å². The van der Waals surface area contributed by atoms with E-state index in [1.807, 2.05) is 0 Å². The summed E-state index contributed by atoms with van der Waals surface area (Å²) in [5, 5.41) is 13.1. The van der Waals surface area contributed by atoms with Gasteiger partial charge in [-0.3, -0.25) is 9.36 Å². The summed E-state index contributed by atoms with van der Waals surface area (Å²) >= 11 is 0. The van der Waals surface area contributed by atoms with Crippen molar-refractivity contribution < 1.29 is 19.4 Å². The van der Waals surface area contributed by atoms with Gasteiger partial charge in [0.1, 0.15) is 11.6 Å². The van der Waals surface area contributed by atoms with Crippen molar-refractivity contribution in [3.8, 4) is 0 Å². The number of carbonyl (C=O) groups excluding carboxylic acids is 1. The van der Waals surface area contributed by atoms with Crippen LogP contribution < -0.4 is 0 Å². The Morgan fingerprint density at radius 2 is 2.04 bits per heavy atom. The van der Waals surface area contributed by atoms with E-state index in [-0.39, 0.29) is 6.42 Å². The van der Waals surface area contributed by atoms with Crippen LogP contribution in [0.3, 0.4) is 0 Å². The number of fused-ring (bicyclic) bond motifs is 1. The molecule has 0 aliphatic carbocycles. The summed E-state index contributed by atoms with van der Waals surface area (Å²) in [4.78, 5) is 26.1. The molecule has 0 unspecified atom stereocenters. The minimum absolute atomic E-state index is 0.0182. The fraction of sp³-hybridized carbons (Fsp3) is 0.375. The van der Waals surface area contributed by atoms with Gasteiger partial charge in [-0.15, -0.1) is 0 Å². The lowest BCUT2D eigenvalue weighted by molar-refractivity contribution is -0.138. The van der Waals surface area contributed by atoms with Gasteiger partial charge < -0.3 is 9.84 Å². The smallest absolute Gasteiger partial charge is 0.419 e. The van der Waals surface area contributed by atoms with Gasteiger partial charge >= 0.3 is 12.1 Å². The molecule has 0 fully saturated rings. The molecule has 2 rings (SSSR count). The van der Waals surface area contributed by atoms with Crippen LogP contribution in [0.15, 0.2) is 35.6 Å². The third-order valence-corrected chi connectivity index (χ3v) is 3.27. The maximum atomic E-state index is 12.4. The van der Waals surface area contributed by atoms with Gasteiger partial charge in [0.25, 0.3) is 0 Å². The Labute approximate surface area is 138 Å². The van der Waals surface area contributed by atoms with E-state index in [0.717, 1.165) is 0 Å². The predicted molar refractivity (Wildman–Crippen MR) is 87.8 cm³/mol. The van der Waals surface area contributed by atoms with E-state index in [1.54, 1.807) is 45.0 Å². The van der Waals surface area contributed by atoms with Crippen molar-refractivity contribution in [2.45, 2.75) is 38.8 Å². The second kappa shape index (κ2) is 6.64. The first-order chi connectivity index (χ1) is 11.2. The summed E-state index contributed by atoms with van der Waals surface area (Å²) in [6, 6.07) is 5.84. The van der Waals surface area contributed by atoms with E-state index < -0.39 is 23.7 Å². The number of azide groups is 1. The lowest BCUT2D eigenvalue weighted by Gasteiger charge is -2.19. The molecule has 1 heterocycles. The number of hydrogen-bond acceptors (Lipinski definition) is 4. The second-order valence-electron chi connectivity index (χ2n) is 6.28. The monoisotopic (exact) mass is 330 g/mol. The van der Waals surface area contributed by atoms with Crippen LogP contribution in [-0.4, -0.2) is 33.4 Å². The zero-order chi connectivity index (χ0) is 17.9. The number of carboxylic acid groups (broad SMARTS) is 1. The van der Waals surface area contributed by atoms with Crippen LogP contribution >= 0.6 is 0 Å². The fourth-order valence-corrected chi connectivity index (χ4v) is 2.32. The van der Waals surface area contributed by atoms with Gasteiger partial charge in [-0.25, -0.2) is 4.79 Å². The van der Waals surface area contributed by atoms with E-state index in [4.69, 9.17) is 15.4 Å². The molecule has 1 N–H and O–H groups in total. The Morgan fingerprint density at radius 1 is 1.38 bits per heavy atom. The van der Waals surface area contributed by atoms with Crippen molar-refractivity contribution in [1.82, 2.24) is 4.57 Å². The van der Waals surface area contributed by atoms with Crippen molar-refractivity contribution in [2.24, 2.45) is 5.11 Å². The third-order valence-electron chi connectivity index (χ3n) is 3.27. The minimum atomic E-state index is -1.24. The number of aromatic nitrogens is 1. The number of ether oxygens (including phenoxy) is 1. The number of para-hydroxylation sites is 1. The van der Waals surface area contributed by atoms with E-state index in [2.05, 4.69) is 10.0 Å². The number of carbonyl (C=O) groups is 2. The molecule has 1 aromatic heterocycles. The molecule has 0 bridgehead atoms. The summed E-state index contributed by atoms with van der Waals surface area (Å²) in [5.41, 5.74) is 9.06. The minimum Gasteiger partial charge on any atom is -0.481 e. The SMILES string of the molecule is CC(C)(C)OC(=O)n1cc(C[C@H](N=[N+]=[N-])C(=O)O)c2ccccc21. The summed E-state index contributed by atoms with van der Waals surface area (Å²) in [6.45, 7) is 5.29. The van der Waals surface area contributed by atoms with E-state index >= 15 is 0 Å². The van der Waals surface area contributed by atoms with Crippen LogP contribution in [-0.2, 0) is 16.0 Å². The topological polar surface area (TPSA) is 117 Å². The largest absolute Gasteiger partial charge is 0.481 e. The number of rotatable bonds is 4. The molecule has 0 spiro atoms. The number of hydrogen-bond donors (Lipinski definition) is 1. The van der Waals surface area contributed by atoms with Crippen LogP contribution in [0.1, 0.15) is 26.3 Å². The summed E-state index contributed by atoms with van der Waals surface area (Å²) in [7, 11) is 0. The number of benzene rings is 1. The van der Waals surface area contributed by atoms with Gasteiger partial charge in [0.15, 0.2) is 0 Å². The molecule has 0 saturated carbocycles. The summed E-state index contributed by atoms with van der Waals surface area (Å²) in [5.74, 6) is -1.22. The van der Waals surface area contributed by atoms with Gasteiger partial charge in [0, 0.05) is 16.5 Å². The molecular weight excluding hydrogens is 312 g/mol. The molecular formula is C16H18N4O4. The van der Waals surface area contributed by atoms with Crippen molar-refractivity contribution >= 4 is 23.0 Å². The number of nitrogens with zero attached hydrogens (tertiary/aromatic N) is 4. The highest BCUT2D eigenvalue weighted by Crippen LogP contribution is 2.24. The van der Waals surface area contributed by atoms with E-state index in [9.17, 15) is 9.59 Å². The molecule has 126 valence electrons. The Hall–Kier alpha value is -2.99. The third kappa shape index (κ3) is 3.85. The molecule has 0 aliphatic heterocycles. The first-order valence-corrected chi connectivity index (χ1v) is 7.32. The van der Waals surface area contributed by atoms with Crippen molar-refractivity contribution in [1.29, 1.82) is 0 Å². The Bertz CT molecular complexity index is 826. The van der Waals surface area contributed by atoms with Crippen LogP contribution in [0.5, 0.6) is 0 Å². The zero-order valence-corrected chi connectivity index (χ0v) is 13.6. The normalized spacial score (nSPS) is 12.5. The molecule has 0 amide bonds. The Morgan fingerprint density at radius 3 is 2.62 bits per heavy atom. The van der Waals surface area contributed by atoms with E-state index in [1.165, 1.54) is 10.8 Å². The zero-order valence-electron chi connectivity index (χ0n) is 13.6. The number of aliphatic carboxylic acids is 1. The highest BCUT2D eigenvalue weighted by molar-refractivity contribution is 5.92. The molecule has 1 aromatic carbocycles. The molecule has 2 aromatic rings. The Kier molecular flexibility index (Phi) is 4.80. The van der Waals surface area contributed by atoms with Crippen molar-refractivity contribution in [3.05, 3.63) is 46.5 Å². The predicted octanol–water partition coefficient (Wildman–Crippen LogP) is 3.73. The molecule has 0 saturated heterocycles. The Balaban J connectivity index is 2.47. The summed E-state index contributed by atoms with van der Waals surface area (Å²) < 4.78 is 6.71. The maximum Gasteiger partial charge on any atom is 0.419 e. The van der Waals surface area contributed by atoms with Gasteiger partial charge in [-0.2, -0.15) is 0 Å². The molecule has 24 heavy (non-hydrogen) atoms. The van der Waals surface area contributed by atoms with Crippen LogP contribution in [0.2, 0.25) is 0 Å². The molecule has 8 heteroatoms. The second-order valence-corrected chi connectivity index (χ2v) is 6.28. The molecule has 8 nitrogen and oxygen atoms in total. The lowest BCUT2D eigenvalue weighted by atomic mass is 10.1. The number of carboxylic acids is 1. The van der Waals surface area contributed by atoms with Crippen LogP contribution in [0.4, 0.5) is 4.79 Å². The van der Waals surface area contributed by atoms with Gasteiger partial charge in [-0.05, 0) is 44.4 Å². The van der Waals surface area contributed by atoms with Gasteiger partial charge in [0.05, 0.1) is 5.52 Å². The first kappa shape index (κ1) is 17.4. The fourth-order valence-electron chi connectivity index (χ4n) is 2.32. The average molecular weight is 330 g/mol. The standard InChI is InChI=1S/C16H18N4O4/c1-16(2,3)24-15(23)20-9-10(8-12(14(21)22)18-19-17)11-6-4-5-7-13(11)20/h4-7,9,12H,8H2,1-3H3,(H,21,22)/t12-/m0/s1. The van der Waals surface area contributed by atoms with Gasteiger partial charge in [0.2, 0.25) is 0 Å². The first-order valence-electron chi connectivity index (χ1n) is 7.32. The average Bonchev–Trinajstić information content (AvgIpc) is 2.84. The maximum absolute atomic E-state index is 12.4.